The quantitative estimate of drug-likeness (QED) is 0.334. The second kappa shape index (κ2) is 8.77. The molecule has 0 atom stereocenters. The zero-order valence-corrected chi connectivity index (χ0v) is 16.3. The van der Waals surface area contributed by atoms with Crippen LogP contribution in [0.25, 0.3) is 22.3 Å². The van der Waals surface area contributed by atoms with Crippen LogP contribution in [0.3, 0.4) is 0 Å². The number of phenolic OH excluding ortho intramolecular Hbond substituents is 4. The number of hydrogen-bond donors (Lipinski definition) is 4. The van der Waals surface area contributed by atoms with Gasteiger partial charge in [-0.05, 0) is 18.6 Å². The van der Waals surface area contributed by atoms with E-state index in [0.717, 1.165) is 37.5 Å². The number of fused-ring (bicyclic) bond motifs is 1. The Balaban J connectivity index is 2.14. The molecular weight excluding hydrogens is 392 g/mol. The first-order chi connectivity index (χ1) is 14.3. The molecule has 4 N–H and O–H groups in total. The smallest absolute Gasteiger partial charge is 0.311 e. The molecule has 0 saturated heterocycles. The van der Waals surface area contributed by atoms with Crippen LogP contribution in [-0.4, -0.2) is 26.4 Å². The van der Waals surface area contributed by atoms with Gasteiger partial charge in [0.05, 0.1) is 5.56 Å². The number of aromatic hydroxyl groups is 4. The van der Waals surface area contributed by atoms with Gasteiger partial charge in [0.2, 0.25) is 11.2 Å². The summed E-state index contributed by atoms with van der Waals surface area (Å²) in [6, 6.07) is 5.67. The Morgan fingerprint density at radius 3 is 2.40 bits per heavy atom. The van der Waals surface area contributed by atoms with E-state index in [1.54, 1.807) is 0 Å². The van der Waals surface area contributed by atoms with Crippen molar-refractivity contribution in [3.05, 3.63) is 40.6 Å². The maximum absolute atomic E-state index is 13.0. The molecule has 158 valence electrons. The first-order valence-corrected chi connectivity index (χ1v) is 9.57. The average Bonchev–Trinajstić information content (AvgIpc) is 2.67. The van der Waals surface area contributed by atoms with Crippen LogP contribution >= 0.6 is 0 Å². The average molecular weight is 414 g/mol. The van der Waals surface area contributed by atoms with Crippen molar-refractivity contribution in [3.8, 4) is 40.1 Å². The molecule has 8 heteroatoms. The highest BCUT2D eigenvalue weighted by molar-refractivity contribution is 5.90. The van der Waals surface area contributed by atoms with E-state index in [9.17, 15) is 30.0 Å². The van der Waals surface area contributed by atoms with Crippen molar-refractivity contribution in [2.45, 2.75) is 39.0 Å². The van der Waals surface area contributed by atoms with Crippen molar-refractivity contribution in [3.63, 3.8) is 0 Å². The number of rotatable bonds is 7. The third-order valence-electron chi connectivity index (χ3n) is 4.59. The predicted octanol–water partition coefficient (Wildman–Crippen LogP) is 4.16. The minimum atomic E-state index is -0.835. The van der Waals surface area contributed by atoms with Crippen LogP contribution in [0.5, 0.6) is 28.7 Å². The minimum Gasteiger partial charge on any atom is -0.508 e. The molecule has 3 rings (SSSR count). The largest absolute Gasteiger partial charge is 0.508 e. The van der Waals surface area contributed by atoms with Gasteiger partial charge in [-0.1, -0.05) is 26.2 Å². The molecule has 0 radical (unpaired) electrons. The summed E-state index contributed by atoms with van der Waals surface area (Å²) in [6.07, 6.45) is 3.48. The lowest BCUT2D eigenvalue weighted by Gasteiger charge is -2.12. The standard InChI is InChI=1S/C22H22O8/c1-2-3-4-5-6-18(27)30-22-20(28)19-16(26)10-13(24)11-17(19)29-21(22)14-8-7-12(23)9-15(14)25/h7-11,23-26H,2-6H2,1H3. The van der Waals surface area contributed by atoms with Gasteiger partial charge in [-0.2, -0.15) is 0 Å². The second-order valence-corrected chi connectivity index (χ2v) is 6.91. The normalized spacial score (nSPS) is 11.0. The summed E-state index contributed by atoms with van der Waals surface area (Å²) in [6.45, 7) is 2.04. The fourth-order valence-corrected chi connectivity index (χ4v) is 3.11. The summed E-state index contributed by atoms with van der Waals surface area (Å²) in [5.41, 5.74) is -1.01. The number of ether oxygens (including phenoxy) is 1. The first-order valence-electron chi connectivity index (χ1n) is 9.57. The Morgan fingerprint density at radius 1 is 0.967 bits per heavy atom. The number of carbonyl (C=O) groups is 1. The summed E-state index contributed by atoms with van der Waals surface area (Å²) in [7, 11) is 0. The molecule has 0 fully saturated rings. The number of phenols is 4. The molecule has 0 aliphatic heterocycles. The number of carbonyl (C=O) groups excluding carboxylic acids is 1. The fraction of sp³-hybridized carbons (Fsp3) is 0.273. The van der Waals surface area contributed by atoms with Crippen LogP contribution in [0.1, 0.15) is 39.0 Å². The van der Waals surface area contributed by atoms with E-state index in [1.807, 2.05) is 6.92 Å². The highest BCUT2D eigenvalue weighted by Crippen LogP contribution is 2.40. The Hall–Kier alpha value is -3.68. The SMILES string of the molecule is CCCCCCC(=O)Oc1c(-c2ccc(O)cc2O)oc2cc(O)cc(O)c2c1=O. The molecule has 1 heterocycles. The van der Waals surface area contributed by atoms with Crippen molar-refractivity contribution in [1.82, 2.24) is 0 Å². The molecule has 0 amide bonds. The van der Waals surface area contributed by atoms with E-state index in [1.165, 1.54) is 12.1 Å². The number of esters is 1. The fourth-order valence-electron chi connectivity index (χ4n) is 3.11. The molecule has 1 aromatic heterocycles. The number of hydrogen-bond acceptors (Lipinski definition) is 8. The summed E-state index contributed by atoms with van der Waals surface area (Å²) < 4.78 is 10.9. The lowest BCUT2D eigenvalue weighted by atomic mass is 10.1. The van der Waals surface area contributed by atoms with Gasteiger partial charge in [0.15, 0.2) is 5.76 Å². The van der Waals surface area contributed by atoms with Gasteiger partial charge in [0, 0.05) is 24.6 Å². The summed E-state index contributed by atoms with van der Waals surface area (Å²) >= 11 is 0. The zero-order chi connectivity index (χ0) is 21.8. The lowest BCUT2D eigenvalue weighted by Crippen LogP contribution is -2.16. The van der Waals surface area contributed by atoms with Crippen molar-refractivity contribution < 1.29 is 34.4 Å². The molecule has 8 nitrogen and oxygen atoms in total. The molecular formula is C22H22O8. The summed E-state index contributed by atoms with van der Waals surface area (Å²) in [5.74, 6) is -2.94. The first kappa shape index (κ1) is 21.0. The van der Waals surface area contributed by atoms with E-state index in [0.29, 0.717) is 6.42 Å². The Kier molecular flexibility index (Phi) is 6.15. The third-order valence-corrected chi connectivity index (χ3v) is 4.59. The Labute approximate surface area is 171 Å². The van der Waals surface area contributed by atoms with Crippen molar-refractivity contribution in [2.75, 3.05) is 0 Å². The molecule has 0 spiro atoms. The Bertz CT molecular complexity index is 1150. The van der Waals surface area contributed by atoms with Crippen LogP contribution in [0.4, 0.5) is 0 Å². The topological polar surface area (TPSA) is 137 Å². The molecule has 0 saturated carbocycles. The molecule has 0 bridgehead atoms. The van der Waals surface area contributed by atoms with Crippen LogP contribution in [0.2, 0.25) is 0 Å². The van der Waals surface area contributed by atoms with Gasteiger partial charge < -0.3 is 29.6 Å². The lowest BCUT2D eigenvalue weighted by molar-refractivity contribution is -0.134. The summed E-state index contributed by atoms with van der Waals surface area (Å²) in [5, 5.41) is 39.3. The molecule has 0 unspecified atom stereocenters. The van der Waals surface area contributed by atoms with Gasteiger partial charge in [0.1, 0.15) is 34.0 Å². The van der Waals surface area contributed by atoms with Crippen LogP contribution in [0.15, 0.2) is 39.5 Å². The second-order valence-electron chi connectivity index (χ2n) is 6.91. The predicted molar refractivity (Wildman–Crippen MR) is 109 cm³/mol. The van der Waals surface area contributed by atoms with Crippen LogP contribution in [0, 0.1) is 0 Å². The van der Waals surface area contributed by atoms with Crippen LogP contribution < -0.4 is 10.2 Å². The molecule has 3 aromatic rings. The monoisotopic (exact) mass is 414 g/mol. The van der Waals surface area contributed by atoms with Crippen molar-refractivity contribution in [1.29, 1.82) is 0 Å². The van der Waals surface area contributed by atoms with Gasteiger partial charge in [-0.3, -0.25) is 9.59 Å². The van der Waals surface area contributed by atoms with E-state index in [-0.39, 0.29) is 40.2 Å². The summed E-state index contributed by atoms with van der Waals surface area (Å²) in [4.78, 5) is 25.4. The Morgan fingerprint density at radius 2 is 1.70 bits per heavy atom. The van der Waals surface area contributed by atoms with Crippen molar-refractivity contribution >= 4 is 16.9 Å². The minimum absolute atomic E-state index is 0.0107. The third kappa shape index (κ3) is 4.32. The molecule has 0 aliphatic carbocycles. The van der Waals surface area contributed by atoms with Crippen molar-refractivity contribution in [2.24, 2.45) is 0 Å². The maximum Gasteiger partial charge on any atom is 0.311 e. The van der Waals surface area contributed by atoms with Gasteiger partial charge >= 0.3 is 5.97 Å². The van der Waals surface area contributed by atoms with E-state index in [4.69, 9.17) is 9.15 Å². The van der Waals surface area contributed by atoms with E-state index >= 15 is 0 Å². The highest BCUT2D eigenvalue weighted by Gasteiger charge is 2.24. The van der Waals surface area contributed by atoms with Gasteiger partial charge in [0.25, 0.3) is 0 Å². The molecule has 0 aliphatic rings. The molecule has 2 aromatic carbocycles. The number of benzene rings is 2. The van der Waals surface area contributed by atoms with Crippen LogP contribution in [-0.2, 0) is 4.79 Å². The van der Waals surface area contributed by atoms with E-state index in [2.05, 4.69) is 0 Å². The van der Waals surface area contributed by atoms with E-state index < -0.39 is 28.6 Å². The van der Waals surface area contributed by atoms with Gasteiger partial charge in [-0.15, -0.1) is 0 Å². The maximum atomic E-state index is 13.0. The highest BCUT2D eigenvalue weighted by atomic mass is 16.5. The zero-order valence-electron chi connectivity index (χ0n) is 16.3. The molecule has 30 heavy (non-hydrogen) atoms. The number of unbranched alkanes of at least 4 members (excludes halogenated alkanes) is 3. The van der Waals surface area contributed by atoms with Gasteiger partial charge in [-0.25, -0.2) is 0 Å².